The zero-order valence-electron chi connectivity index (χ0n) is 15.5. The van der Waals surface area contributed by atoms with Gasteiger partial charge in [-0.1, -0.05) is 6.07 Å². The maximum atomic E-state index is 12.9. The molecule has 2 aromatic carbocycles. The number of nitrogens with zero attached hydrogens (tertiary/aromatic N) is 2. The molecule has 4 rings (SSSR count). The van der Waals surface area contributed by atoms with E-state index in [2.05, 4.69) is 15.7 Å². The van der Waals surface area contributed by atoms with Crippen LogP contribution in [0.2, 0.25) is 0 Å². The second kappa shape index (κ2) is 7.21. The van der Waals surface area contributed by atoms with Gasteiger partial charge in [0.2, 0.25) is 0 Å². The monoisotopic (exact) mass is 416 g/mol. The third-order valence-corrected chi connectivity index (χ3v) is 4.43. The first kappa shape index (κ1) is 19.5. The zero-order valence-corrected chi connectivity index (χ0v) is 15.5. The Morgan fingerprint density at radius 2 is 2.00 bits per heavy atom. The molecule has 1 atom stereocenters. The molecule has 1 aromatic heterocycles. The number of rotatable bonds is 3. The highest BCUT2D eigenvalue weighted by Crippen LogP contribution is 2.32. The molecule has 0 spiro atoms. The van der Waals surface area contributed by atoms with Crippen LogP contribution in [0.5, 0.6) is 5.75 Å². The number of halogens is 3. The summed E-state index contributed by atoms with van der Waals surface area (Å²) < 4.78 is 45.3. The maximum absolute atomic E-state index is 12.9. The van der Waals surface area contributed by atoms with Gasteiger partial charge < -0.3 is 15.4 Å². The molecule has 2 heterocycles. The summed E-state index contributed by atoms with van der Waals surface area (Å²) in [5.74, 6) is -0.378. The predicted molar refractivity (Wildman–Crippen MR) is 102 cm³/mol. The fourth-order valence-corrected chi connectivity index (χ4v) is 2.90. The van der Waals surface area contributed by atoms with Gasteiger partial charge >= 0.3 is 6.18 Å². The lowest BCUT2D eigenvalue weighted by molar-refractivity contribution is -0.137. The first-order chi connectivity index (χ1) is 14.2. The number of anilines is 2. The first-order valence-electron chi connectivity index (χ1n) is 8.87. The van der Waals surface area contributed by atoms with E-state index in [1.54, 1.807) is 25.1 Å². The van der Waals surface area contributed by atoms with Gasteiger partial charge in [0.1, 0.15) is 5.75 Å². The van der Waals surface area contributed by atoms with E-state index in [1.165, 1.54) is 29.1 Å². The smallest absolute Gasteiger partial charge is 0.416 e. The maximum Gasteiger partial charge on any atom is 0.416 e. The van der Waals surface area contributed by atoms with Crippen LogP contribution in [0.15, 0.2) is 54.7 Å². The van der Waals surface area contributed by atoms with Crippen molar-refractivity contribution in [2.45, 2.75) is 19.2 Å². The van der Waals surface area contributed by atoms with Gasteiger partial charge in [-0.25, -0.2) is 4.68 Å². The summed E-state index contributed by atoms with van der Waals surface area (Å²) in [5, 5.41) is 9.36. The van der Waals surface area contributed by atoms with Crippen molar-refractivity contribution >= 4 is 23.2 Å². The van der Waals surface area contributed by atoms with Gasteiger partial charge in [-0.2, -0.15) is 18.3 Å². The van der Waals surface area contributed by atoms with Crippen LogP contribution in [0.4, 0.5) is 24.5 Å². The summed E-state index contributed by atoms with van der Waals surface area (Å²) in [6, 6.07) is 10.8. The number of hydrogen-bond acceptors (Lipinski definition) is 4. The Morgan fingerprint density at radius 1 is 1.20 bits per heavy atom. The molecule has 2 amide bonds. The van der Waals surface area contributed by atoms with Crippen molar-refractivity contribution in [3.63, 3.8) is 0 Å². The van der Waals surface area contributed by atoms with Gasteiger partial charge in [-0.3, -0.25) is 9.59 Å². The SMILES string of the molecule is CC1Oc2ccc(NC(=O)c3ccn(-c4cccc(C(F)(F)F)c4)n3)cc2NC1=O. The van der Waals surface area contributed by atoms with Crippen LogP contribution in [0.25, 0.3) is 5.69 Å². The lowest BCUT2D eigenvalue weighted by Gasteiger charge is -2.23. The van der Waals surface area contributed by atoms with Gasteiger partial charge in [0.15, 0.2) is 11.8 Å². The summed E-state index contributed by atoms with van der Waals surface area (Å²) >= 11 is 0. The first-order valence-corrected chi connectivity index (χ1v) is 8.87. The topological polar surface area (TPSA) is 85.2 Å². The second-order valence-corrected chi connectivity index (χ2v) is 6.61. The predicted octanol–water partition coefficient (Wildman–Crippen LogP) is 3.86. The molecule has 0 radical (unpaired) electrons. The van der Waals surface area contributed by atoms with Gasteiger partial charge in [-0.15, -0.1) is 0 Å². The van der Waals surface area contributed by atoms with Crippen LogP contribution in [0, 0.1) is 0 Å². The largest absolute Gasteiger partial charge is 0.479 e. The minimum Gasteiger partial charge on any atom is -0.479 e. The van der Waals surface area contributed by atoms with Crippen molar-refractivity contribution in [1.29, 1.82) is 0 Å². The lowest BCUT2D eigenvalue weighted by atomic mass is 10.2. The normalized spacial score (nSPS) is 15.7. The standard InChI is InChI=1S/C20H15F3N4O3/c1-11-18(28)25-16-10-13(5-6-17(16)30-11)24-19(29)15-7-8-27(26-15)14-4-2-3-12(9-14)20(21,22)23/h2-11H,1H3,(H,24,29)(H,25,28). The Morgan fingerprint density at radius 3 is 2.77 bits per heavy atom. The minimum absolute atomic E-state index is 0.0130. The van der Waals surface area contributed by atoms with Crippen LogP contribution < -0.4 is 15.4 Å². The molecule has 0 saturated heterocycles. The molecule has 0 saturated carbocycles. The highest BCUT2D eigenvalue weighted by molar-refractivity contribution is 6.04. The molecule has 2 N–H and O–H groups in total. The van der Waals surface area contributed by atoms with Crippen molar-refractivity contribution in [2.75, 3.05) is 10.6 Å². The third kappa shape index (κ3) is 3.84. The van der Waals surface area contributed by atoms with Crippen LogP contribution in [0.3, 0.4) is 0 Å². The van der Waals surface area contributed by atoms with Crippen LogP contribution in [0.1, 0.15) is 23.0 Å². The quantitative estimate of drug-likeness (QED) is 0.679. The fourth-order valence-electron chi connectivity index (χ4n) is 2.90. The fraction of sp³-hybridized carbons (Fsp3) is 0.150. The number of ether oxygens (including phenoxy) is 1. The van der Waals surface area contributed by atoms with E-state index in [-0.39, 0.29) is 17.3 Å². The van der Waals surface area contributed by atoms with Gasteiger partial charge in [0.25, 0.3) is 11.8 Å². The molecule has 0 aliphatic carbocycles. The van der Waals surface area contributed by atoms with Crippen molar-refractivity contribution in [3.05, 3.63) is 66.0 Å². The van der Waals surface area contributed by atoms with Gasteiger partial charge in [0, 0.05) is 11.9 Å². The zero-order chi connectivity index (χ0) is 21.5. The van der Waals surface area contributed by atoms with Crippen molar-refractivity contribution < 1.29 is 27.5 Å². The number of alkyl halides is 3. The lowest BCUT2D eigenvalue weighted by Crippen LogP contribution is -2.34. The number of hydrogen-bond donors (Lipinski definition) is 2. The molecule has 7 nitrogen and oxygen atoms in total. The van der Waals surface area contributed by atoms with Crippen molar-refractivity contribution in [2.24, 2.45) is 0 Å². The Hall–Kier alpha value is -3.82. The van der Waals surface area contributed by atoms with E-state index in [1.807, 2.05) is 0 Å². The molecular weight excluding hydrogens is 401 g/mol. The highest BCUT2D eigenvalue weighted by atomic mass is 19.4. The molecule has 0 bridgehead atoms. The van der Waals surface area contributed by atoms with Gasteiger partial charge in [-0.05, 0) is 49.4 Å². The van der Waals surface area contributed by atoms with Crippen molar-refractivity contribution in [3.8, 4) is 11.4 Å². The molecule has 1 unspecified atom stereocenters. The third-order valence-electron chi connectivity index (χ3n) is 4.43. The molecule has 30 heavy (non-hydrogen) atoms. The summed E-state index contributed by atoms with van der Waals surface area (Å²) in [6.45, 7) is 1.62. The summed E-state index contributed by atoms with van der Waals surface area (Å²) in [7, 11) is 0. The molecule has 1 aliphatic rings. The number of fused-ring (bicyclic) bond motifs is 1. The average molecular weight is 416 g/mol. The number of amides is 2. The van der Waals surface area contributed by atoms with Gasteiger partial charge in [0.05, 0.1) is 16.9 Å². The van der Waals surface area contributed by atoms with E-state index in [0.717, 1.165) is 12.1 Å². The Bertz CT molecular complexity index is 1140. The molecule has 10 heteroatoms. The van der Waals surface area contributed by atoms with E-state index in [9.17, 15) is 22.8 Å². The summed E-state index contributed by atoms with van der Waals surface area (Å²) in [6.07, 6.45) is -3.70. The Balaban J connectivity index is 1.52. The van der Waals surface area contributed by atoms with E-state index >= 15 is 0 Å². The second-order valence-electron chi connectivity index (χ2n) is 6.61. The van der Waals surface area contributed by atoms with Crippen LogP contribution >= 0.6 is 0 Å². The van der Waals surface area contributed by atoms with Crippen molar-refractivity contribution in [1.82, 2.24) is 9.78 Å². The molecular formula is C20H15F3N4O3. The van der Waals surface area contributed by atoms with Crippen LogP contribution in [-0.4, -0.2) is 27.7 Å². The summed E-state index contributed by atoms with van der Waals surface area (Å²) in [5.41, 5.74) is 0.191. The molecule has 0 fully saturated rings. The average Bonchev–Trinajstić information content (AvgIpc) is 3.19. The molecule has 3 aromatic rings. The number of aromatic nitrogens is 2. The number of benzene rings is 2. The van der Waals surface area contributed by atoms with E-state index < -0.39 is 23.8 Å². The Labute approximate surface area is 168 Å². The number of carbonyl (C=O) groups excluding carboxylic acids is 2. The van der Waals surface area contributed by atoms with E-state index in [0.29, 0.717) is 17.1 Å². The number of nitrogens with one attached hydrogen (secondary N) is 2. The minimum atomic E-state index is -4.48. The molecule has 154 valence electrons. The number of carbonyl (C=O) groups is 2. The Kier molecular flexibility index (Phi) is 4.69. The summed E-state index contributed by atoms with van der Waals surface area (Å²) in [4.78, 5) is 24.2. The molecule has 1 aliphatic heterocycles. The highest BCUT2D eigenvalue weighted by Gasteiger charge is 2.30. The van der Waals surface area contributed by atoms with E-state index in [4.69, 9.17) is 4.74 Å². The van der Waals surface area contributed by atoms with Crippen LogP contribution in [-0.2, 0) is 11.0 Å².